The average molecular weight is 489 g/mol. The first-order valence-electron chi connectivity index (χ1n) is 11.9. The van der Waals surface area contributed by atoms with E-state index in [0.717, 1.165) is 18.5 Å². The summed E-state index contributed by atoms with van der Waals surface area (Å²) in [4.78, 5) is 13.5. The largest absolute Gasteiger partial charge is 0.445 e. The Labute approximate surface area is 212 Å². The van der Waals surface area contributed by atoms with Crippen LogP contribution in [0.25, 0.3) is 0 Å². The predicted octanol–water partition coefficient (Wildman–Crippen LogP) is 5.22. The van der Waals surface area contributed by atoms with Crippen molar-refractivity contribution in [3.05, 3.63) is 114 Å². The molecule has 0 bridgehead atoms. The molecule has 182 valence electrons. The summed E-state index contributed by atoms with van der Waals surface area (Å²) < 4.78 is 7.37. The number of alkyl carbamates (subject to hydrolysis) is 1. The van der Waals surface area contributed by atoms with Crippen LogP contribution in [-0.2, 0) is 17.6 Å². The second kappa shape index (κ2) is 12.6. The predicted molar refractivity (Wildman–Crippen MR) is 141 cm³/mol. The van der Waals surface area contributed by atoms with E-state index in [0.29, 0.717) is 18.9 Å². The number of amides is 1. The molecule has 0 saturated carbocycles. The van der Waals surface area contributed by atoms with Crippen LogP contribution in [0.15, 0.2) is 102 Å². The second-order valence-corrected chi connectivity index (χ2v) is 9.89. The average Bonchev–Trinajstić information content (AvgIpc) is 3.07. The van der Waals surface area contributed by atoms with E-state index < -0.39 is 18.2 Å². The lowest BCUT2D eigenvalue weighted by atomic mass is 9.91. The first kappa shape index (κ1) is 25.0. The van der Waals surface area contributed by atoms with Crippen molar-refractivity contribution in [1.29, 1.82) is 0 Å². The van der Waals surface area contributed by atoms with E-state index in [1.54, 1.807) is 11.9 Å². The number of rotatable bonds is 9. The van der Waals surface area contributed by atoms with Gasteiger partial charge in [0.25, 0.3) is 0 Å². The van der Waals surface area contributed by atoms with E-state index in [2.05, 4.69) is 64.7 Å². The number of hydrogen-bond acceptors (Lipinski definition) is 5. The van der Waals surface area contributed by atoms with Crippen LogP contribution in [0.4, 0.5) is 4.79 Å². The molecule has 1 aliphatic rings. The van der Waals surface area contributed by atoms with Crippen molar-refractivity contribution in [2.75, 3.05) is 19.7 Å². The summed E-state index contributed by atoms with van der Waals surface area (Å²) >= 11 is 1.68. The third kappa shape index (κ3) is 7.21. The summed E-state index contributed by atoms with van der Waals surface area (Å²) in [6.07, 6.45) is 1.63. The van der Waals surface area contributed by atoms with Crippen LogP contribution in [0.5, 0.6) is 0 Å². The molecule has 6 heteroatoms. The standard InChI is InChI=1S/C29H32N2O3S/c1-2-17-34-29(33)30-26(18-22-11-5-3-6-12-22)27(32)21-31-20-25(23-13-7-4-8-14-23)19-24-15-9-10-16-28(24)35-31/h2-16,25-27,32H,1,17-21H2,(H,30,33)/t25-,26-,27+/m0/s1. The molecule has 0 fully saturated rings. The van der Waals surface area contributed by atoms with Gasteiger partial charge >= 0.3 is 6.09 Å². The van der Waals surface area contributed by atoms with Gasteiger partial charge < -0.3 is 15.2 Å². The van der Waals surface area contributed by atoms with E-state index in [-0.39, 0.29) is 6.61 Å². The van der Waals surface area contributed by atoms with Gasteiger partial charge in [-0.1, -0.05) is 91.5 Å². The highest BCUT2D eigenvalue weighted by molar-refractivity contribution is 7.97. The maximum atomic E-state index is 12.3. The lowest BCUT2D eigenvalue weighted by Crippen LogP contribution is -2.49. The number of nitrogens with zero attached hydrogens (tertiary/aromatic N) is 1. The van der Waals surface area contributed by atoms with Gasteiger partial charge in [0.15, 0.2) is 0 Å². The van der Waals surface area contributed by atoms with Gasteiger partial charge in [0.1, 0.15) is 6.61 Å². The van der Waals surface area contributed by atoms with Crippen LogP contribution >= 0.6 is 11.9 Å². The second-order valence-electron chi connectivity index (χ2n) is 8.75. The van der Waals surface area contributed by atoms with Crippen molar-refractivity contribution in [2.24, 2.45) is 0 Å². The van der Waals surface area contributed by atoms with E-state index in [9.17, 15) is 9.90 Å². The number of nitrogens with one attached hydrogen (secondary N) is 1. The number of β-amino-alcohol motifs (C(OH)–C–C–N with tert-alkyl or cyclic N) is 1. The van der Waals surface area contributed by atoms with Crippen molar-refractivity contribution < 1.29 is 14.6 Å². The van der Waals surface area contributed by atoms with Gasteiger partial charge in [-0.25, -0.2) is 9.10 Å². The van der Waals surface area contributed by atoms with Crippen LogP contribution in [-0.4, -0.2) is 47.3 Å². The molecule has 0 radical (unpaired) electrons. The normalized spacial score (nSPS) is 17.5. The first-order chi connectivity index (χ1) is 17.1. The Morgan fingerprint density at radius 2 is 1.77 bits per heavy atom. The summed E-state index contributed by atoms with van der Waals surface area (Å²) in [6.45, 7) is 4.91. The molecule has 3 atom stereocenters. The molecule has 1 amide bonds. The van der Waals surface area contributed by atoms with Gasteiger partial charge in [0.2, 0.25) is 0 Å². The number of ether oxygens (including phenoxy) is 1. The molecule has 0 unspecified atom stereocenters. The summed E-state index contributed by atoms with van der Waals surface area (Å²) in [5.74, 6) is 0.303. The number of aliphatic hydroxyl groups is 1. The maximum absolute atomic E-state index is 12.3. The molecule has 3 aromatic carbocycles. The number of carbonyl (C=O) groups excluding carboxylic acids is 1. The fourth-order valence-electron chi connectivity index (χ4n) is 4.39. The van der Waals surface area contributed by atoms with Gasteiger partial charge in [-0.3, -0.25) is 0 Å². The Morgan fingerprint density at radius 1 is 1.09 bits per heavy atom. The zero-order valence-corrected chi connectivity index (χ0v) is 20.6. The quantitative estimate of drug-likeness (QED) is 0.319. The van der Waals surface area contributed by atoms with Crippen molar-refractivity contribution in [2.45, 2.75) is 35.8 Å². The highest BCUT2D eigenvalue weighted by Crippen LogP contribution is 2.36. The molecular formula is C29H32N2O3S. The summed E-state index contributed by atoms with van der Waals surface area (Å²) in [5, 5.41) is 14.2. The number of hydrogen-bond donors (Lipinski definition) is 2. The molecule has 4 rings (SSSR count). The SMILES string of the molecule is C=CCOC(=O)N[C@@H](Cc1ccccc1)[C@H](O)CN1C[C@@H](c2ccccc2)Cc2ccccc2S1. The Hall–Kier alpha value is -3.06. The van der Waals surface area contributed by atoms with Gasteiger partial charge in [-0.2, -0.15) is 0 Å². The maximum Gasteiger partial charge on any atom is 0.407 e. The highest BCUT2D eigenvalue weighted by atomic mass is 32.2. The molecule has 0 aromatic heterocycles. The van der Waals surface area contributed by atoms with E-state index in [4.69, 9.17) is 4.74 Å². The number of fused-ring (bicyclic) bond motifs is 1. The van der Waals surface area contributed by atoms with Crippen molar-refractivity contribution in [3.63, 3.8) is 0 Å². The topological polar surface area (TPSA) is 61.8 Å². The van der Waals surface area contributed by atoms with Crippen molar-refractivity contribution in [1.82, 2.24) is 9.62 Å². The smallest absolute Gasteiger partial charge is 0.407 e. The monoisotopic (exact) mass is 488 g/mol. The Kier molecular flexibility index (Phi) is 9.01. The third-order valence-corrected chi connectivity index (χ3v) is 7.30. The number of carbonyl (C=O) groups is 1. The number of benzene rings is 3. The fraction of sp³-hybridized carbons (Fsp3) is 0.276. The summed E-state index contributed by atoms with van der Waals surface area (Å²) in [6, 6.07) is 28.4. The molecule has 3 aromatic rings. The minimum absolute atomic E-state index is 0.123. The number of aliphatic hydroxyl groups excluding tert-OH is 1. The lowest BCUT2D eigenvalue weighted by Gasteiger charge is -2.30. The zero-order valence-electron chi connectivity index (χ0n) is 19.8. The van der Waals surface area contributed by atoms with Crippen LogP contribution in [0.3, 0.4) is 0 Å². The van der Waals surface area contributed by atoms with Crippen LogP contribution in [0.2, 0.25) is 0 Å². The van der Waals surface area contributed by atoms with Gasteiger partial charge in [-0.15, -0.1) is 0 Å². The molecule has 0 spiro atoms. The van der Waals surface area contributed by atoms with Crippen LogP contribution in [0, 0.1) is 0 Å². The zero-order chi connectivity index (χ0) is 24.5. The fourth-order valence-corrected chi connectivity index (χ4v) is 5.56. The van der Waals surface area contributed by atoms with Crippen molar-refractivity contribution in [3.8, 4) is 0 Å². The molecule has 1 aliphatic heterocycles. The summed E-state index contributed by atoms with van der Waals surface area (Å²) in [7, 11) is 0. The minimum Gasteiger partial charge on any atom is -0.445 e. The molecule has 1 heterocycles. The highest BCUT2D eigenvalue weighted by Gasteiger charge is 2.29. The van der Waals surface area contributed by atoms with Gasteiger partial charge in [-0.05, 0) is 47.5 Å². The lowest BCUT2D eigenvalue weighted by molar-refractivity contribution is 0.0951. The molecular weight excluding hydrogens is 456 g/mol. The van der Waals surface area contributed by atoms with E-state index >= 15 is 0 Å². The molecule has 0 saturated heterocycles. The molecule has 5 nitrogen and oxygen atoms in total. The van der Waals surface area contributed by atoms with Crippen LogP contribution in [0.1, 0.15) is 22.6 Å². The molecule has 2 N–H and O–H groups in total. The minimum atomic E-state index is -0.791. The Morgan fingerprint density at radius 3 is 2.51 bits per heavy atom. The first-order valence-corrected chi connectivity index (χ1v) is 12.7. The van der Waals surface area contributed by atoms with E-state index in [1.807, 2.05) is 36.4 Å². The van der Waals surface area contributed by atoms with Gasteiger partial charge in [0, 0.05) is 23.9 Å². The summed E-state index contributed by atoms with van der Waals surface area (Å²) in [5.41, 5.74) is 3.64. The van der Waals surface area contributed by atoms with Crippen molar-refractivity contribution >= 4 is 18.0 Å². The van der Waals surface area contributed by atoms with Crippen LogP contribution < -0.4 is 5.32 Å². The van der Waals surface area contributed by atoms with E-state index in [1.165, 1.54) is 22.1 Å². The molecule has 0 aliphatic carbocycles. The Balaban J connectivity index is 1.53. The third-order valence-electron chi connectivity index (χ3n) is 6.15. The molecule has 35 heavy (non-hydrogen) atoms. The Bertz CT molecular complexity index is 1090. The van der Waals surface area contributed by atoms with Gasteiger partial charge in [0.05, 0.1) is 12.1 Å².